The highest BCUT2D eigenvalue weighted by Crippen LogP contribution is 2.12. The molecule has 1 aromatic heterocycles. The van der Waals surface area contributed by atoms with Gasteiger partial charge in [0.15, 0.2) is 0 Å². The highest BCUT2D eigenvalue weighted by molar-refractivity contribution is 7.89. The van der Waals surface area contributed by atoms with Gasteiger partial charge < -0.3 is 9.72 Å². The molecule has 0 radical (unpaired) electrons. The zero-order chi connectivity index (χ0) is 17.7. The molecule has 128 valence electrons. The van der Waals surface area contributed by atoms with E-state index in [0.29, 0.717) is 17.7 Å². The molecule has 0 saturated carbocycles. The Hall–Kier alpha value is -2.61. The Bertz CT molecular complexity index is 852. The lowest BCUT2D eigenvalue weighted by molar-refractivity contribution is 0.0595. The third-order valence-electron chi connectivity index (χ3n) is 3.39. The summed E-state index contributed by atoms with van der Waals surface area (Å²) < 4.78 is 29.1. The molecule has 0 fully saturated rings. The number of esters is 1. The Balaban J connectivity index is 2.23. The molecule has 0 aliphatic rings. The number of hydrogen-bond donors (Lipinski definition) is 2. The quantitative estimate of drug-likeness (QED) is 0.474. The molecule has 0 bridgehead atoms. The first-order valence-corrected chi connectivity index (χ1v) is 8.78. The van der Waals surface area contributed by atoms with E-state index < -0.39 is 16.0 Å². The molecule has 2 aromatic rings. The Morgan fingerprint density at radius 1 is 1.29 bits per heavy atom. The van der Waals surface area contributed by atoms with E-state index in [0.717, 1.165) is 5.56 Å². The molecular weight excluding hydrogens is 330 g/mol. The number of methoxy groups -OCH3 is 1. The molecule has 0 amide bonds. The fourth-order valence-corrected chi connectivity index (χ4v) is 2.85. The van der Waals surface area contributed by atoms with E-state index in [1.54, 1.807) is 24.4 Å². The predicted octanol–water partition coefficient (Wildman–Crippen LogP) is 2.20. The monoisotopic (exact) mass is 349 g/mol. The standard InChI is InChI=1S/C16H19N3O4S/c1-4-14(12-9-15(17-10-12)16(20)23-3)18-19-24(21,22)13-7-5-11(2)6-8-13/h5-10,17,19H,4H2,1-3H3/b18-14+. The lowest BCUT2D eigenvalue weighted by atomic mass is 10.1. The van der Waals surface area contributed by atoms with Gasteiger partial charge in [-0.05, 0) is 31.5 Å². The minimum atomic E-state index is -3.74. The first-order valence-electron chi connectivity index (χ1n) is 7.29. The van der Waals surface area contributed by atoms with Crippen LogP contribution >= 0.6 is 0 Å². The molecule has 8 heteroatoms. The molecule has 2 N–H and O–H groups in total. The van der Waals surface area contributed by atoms with E-state index in [4.69, 9.17) is 0 Å². The second kappa shape index (κ2) is 7.31. The predicted molar refractivity (Wildman–Crippen MR) is 90.5 cm³/mol. The largest absolute Gasteiger partial charge is 0.464 e. The maximum atomic E-state index is 12.3. The summed E-state index contributed by atoms with van der Waals surface area (Å²) in [7, 11) is -2.46. The lowest BCUT2D eigenvalue weighted by Gasteiger charge is -2.06. The summed E-state index contributed by atoms with van der Waals surface area (Å²) in [6, 6.07) is 8.03. The average Bonchev–Trinajstić information content (AvgIpc) is 3.05. The SMILES string of the molecule is CC/C(=N\NS(=O)(=O)c1ccc(C)cc1)c1c[nH]c(C(=O)OC)c1. The molecule has 1 heterocycles. The molecule has 0 atom stereocenters. The number of aromatic nitrogens is 1. The number of nitrogens with zero attached hydrogens (tertiary/aromatic N) is 1. The number of carbonyl (C=O) groups excluding carboxylic acids is 1. The van der Waals surface area contributed by atoms with Crippen LogP contribution in [0.3, 0.4) is 0 Å². The van der Waals surface area contributed by atoms with Crippen molar-refractivity contribution in [3.05, 3.63) is 53.3 Å². The van der Waals surface area contributed by atoms with Crippen molar-refractivity contribution in [2.24, 2.45) is 5.10 Å². The number of hydrogen-bond acceptors (Lipinski definition) is 5. The van der Waals surface area contributed by atoms with Crippen LogP contribution in [0.5, 0.6) is 0 Å². The fourth-order valence-electron chi connectivity index (χ4n) is 2.02. The molecule has 24 heavy (non-hydrogen) atoms. The number of ether oxygens (including phenoxy) is 1. The number of sulfonamides is 1. The highest BCUT2D eigenvalue weighted by atomic mass is 32.2. The van der Waals surface area contributed by atoms with Gasteiger partial charge in [-0.3, -0.25) is 0 Å². The number of carbonyl (C=O) groups is 1. The molecule has 1 aromatic carbocycles. The lowest BCUT2D eigenvalue weighted by Crippen LogP contribution is -2.20. The summed E-state index contributed by atoms with van der Waals surface area (Å²) in [5.74, 6) is -0.503. The number of aromatic amines is 1. The highest BCUT2D eigenvalue weighted by Gasteiger charge is 2.15. The molecular formula is C16H19N3O4S. The van der Waals surface area contributed by atoms with Crippen molar-refractivity contribution in [3.63, 3.8) is 0 Å². The van der Waals surface area contributed by atoms with E-state index in [-0.39, 0.29) is 10.6 Å². The first-order chi connectivity index (χ1) is 11.4. The summed E-state index contributed by atoms with van der Waals surface area (Å²) in [5.41, 5.74) is 2.35. The molecule has 0 unspecified atom stereocenters. The van der Waals surface area contributed by atoms with E-state index in [9.17, 15) is 13.2 Å². The maximum absolute atomic E-state index is 12.3. The number of nitrogens with one attached hydrogen (secondary N) is 2. The molecule has 7 nitrogen and oxygen atoms in total. The van der Waals surface area contributed by atoms with Gasteiger partial charge in [0.25, 0.3) is 10.0 Å². The smallest absolute Gasteiger partial charge is 0.354 e. The third kappa shape index (κ3) is 4.02. The Morgan fingerprint density at radius 2 is 1.96 bits per heavy atom. The van der Waals surface area contributed by atoms with Crippen LogP contribution in [0.1, 0.15) is 35.0 Å². The minimum Gasteiger partial charge on any atom is -0.464 e. The van der Waals surface area contributed by atoms with E-state index in [1.807, 2.05) is 13.8 Å². The van der Waals surface area contributed by atoms with Crippen molar-refractivity contribution in [3.8, 4) is 0 Å². The summed E-state index contributed by atoms with van der Waals surface area (Å²) in [6.07, 6.45) is 2.06. The van der Waals surface area contributed by atoms with Gasteiger partial charge in [0, 0.05) is 11.8 Å². The van der Waals surface area contributed by atoms with Gasteiger partial charge in [0.05, 0.1) is 17.7 Å². The maximum Gasteiger partial charge on any atom is 0.354 e. The van der Waals surface area contributed by atoms with Gasteiger partial charge in [0.2, 0.25) is 0 Å². The van der Waals surface area contributed by atoms with Crippen LogP contribution in [0.15, 0.2) is 46.5 Å². The van der Waals surface area contributed by atoms with Crippen molar-refractivity contribution >= 4 is 21.7 Å². The number of rotatable bonds is 6. The summed E-state index contributed by atoms with van der Waals surface area (Å²) in [6.45, 7) is 3.71. The Morgan fingerprint density at radius 3 is 2.54 bits per heavy atom. The topological polar surface area (TPSA) is 101 Å². The van der Waals surface area contributed by atoms with Gasteiger partial charge in [-0.2, -0.15) is 18.4 Å². The molecule has 0 saturated heterocycles. The van der Waals surface area contributed by atoms with E-state index >= 15 is 0 Å². The van der Waals surface area contributed by atoms with Crippen molar-refractivity contribution in [1.82, 2.24) is 9.82 Å². The van der Waals surface area contributed by atoms with E-state index in [1.165, 1.54) is 19.2 Å². The average molecular weight is 349 g/mol. The number of hydrazone groups is 1. The van der Waals surface area contributed by atoms with Crippen LogP contribution < -0.4 is 4.83 Å². The summed E-state index contributed by atoms with van der Waals surface area (Å²) in [5, 5.41) is 3.99. The minimum absolute atomic E-state index is 0.136. The molecule has 0 aliphatic carbocycles. The molecule has 0 spiro atoms. The normalized spacial score (nSPS) is 12.0. The summed E-state index contributed by atoms with van der Waals surface area (Å²) >= 11 is 0. The van der Waals surface area contributed by atoms with Crippen LogP contribution in [0.2, 0.25) is 0 Å². The van der Waals surface area contributed by atoms with Crippen molar-refractivity contribution in [2.75, 3.05) is 7.11 Å². The van der Waals surface area contributed by atoms with Gasteiger partial charge in [-0.15, -0.1) is 0 Å². The Labute approximate surface area is 140 Å². The van der Waals surface area contributed by atoms with Crippen molar-refractivity contribution in [1.29, 1.82) is 0 Å². The Kier molecular flexibility index (Phi) is 5.40. The molecule has 2 rings (SSSR count). The first kappa shape index (κ1) is 17.7. The zero-order valence-electron chi connectivity index (χ0n) is 13.7. The fraction of sp³-hybridized carbons (Fsp3) is 0.250. The van der Waals surface area contributed by atoms with Gasteiger partial charge >= 0.3 is 5.97 Å². The second-order valence-corrected chi connectivity index (χ2v) is 6.77. The van der Waals surface area contributed by atoms with Crippen LogP contribution in [0.25, 0.3) is 0 Å². The van der Waals surface area contributed by atoms with Gasteiger partial charge in [-0.25, -0.2) is 4.79 Å². The van der Waals surface area contributed by atoms with Crippen molar-refractivity contribution < 1.29 is 17.9 Å². The van der Waals surface area contributed by atoms with Crippen LogP contribution in [-0.4, -0.2) is 32.2 Å². The van der Waals surface area contributed by atoms with Crippen LogP contribution in [-0.2, 0) is 14.8 Å². The van der Waals surface area contributed by atoms with Gasteiger partial charge in [-0.1, -0.05) is 24.6 Å². The van der Waals surface area contributed by atoms with Crippen molar-refractivity contribution in [2.45, 2.75) is 25.2 Å². The third-order valence-corrected chi connectivity index (χ3v) is 4.61. The second-order valence-electron chi connectivity index (χ2n) is 5.11. The van der Waals surface area contributed by atoms with Gasteiger partial charge in [0.1, 0.15) is 5.69 Å². The summed E-state index contributed by atoms with van der Waals surface area (Å²) in [4.78, 5) is 16.6. The number of H-pyrrole nitrogens is 1. The van der Waals surface area contributed by atoms with Crippen LogP contribution in [0.4, 0.5) is 0 Å². The van der Waals surface area contributed by atoms with E-state index in [2.05, 4.69) is 19.7 Å². The van der Waals surface area contributed by atoms with Crippen LogP contribution in [0, 0.1) is 6.92 Å². The zero-order valence-corrected chi connectivity index (χ0v) is 14.5. The number of benzene rings is 1. The molecule has 0 aliphatic heterocycles. The number of aryl methyl sites for hydroxylation is 1.